The molecule has 0 spiro atoms. The molecule has 0 bridgehead atoms. The monoisotopic (exact) mass is 551 g/mol. The fraction of sp³-hybridized carbons (Fsp3) is 0.447. The van der Waals surface area contributed by atoms with E-state index in [1.54, 1.807) is 0 Å². The minimum atomic E-state index is -0.263. The smallest absolute Gasteiger partial charge is 0.355 e. The Morgan fingerprint density at radius 2 is 1.24 bits per heavy atom. The number of aryl methyl sites for hydroxylation is 1. The molecule has 0 saturated heterocycles. The zero-order valence-electron chi connectivity index (χ0n) is 25.4. The third-order valence-electron chi connectivity index (χ3n) is 8.16. The first-order valence-electron chi connectivity index (χ1n) is 16.1. The van der Waals surface area contributed by atoms with Gasteiger partial charge in [-0.15, -0.1) is 0 Å². The van der Waals surface area contributed by atoms with Crippen LogP contribution in [0.2, 0.25) is 0 Å². The Morgan fingerprint density at radius 1 is 0.659 bits per heavy atom. The molecule has 0 N–H and O–H groups in total. The van der Waals surface area contributed by atoms with Gasteiger partial charge in [-0.05, 0) is 48.6 Å². The quantitative estimate of drug-likeness (QED) is 0.0909. The molecule has 0 aliphatic carbocycles. The van der Waals surface area contributed by atoms with Gasteiger partial charge in [-0.25, -0.2) is 4.79 Å². The van der Waals surface area contributed by atoms with E-state index in [0.29, 0.717) is 18.8 Å². The number of nitrogens with zero attached hydrogens (tertiary/aromatic N) is 1. The van der Waals surface area contributed by atoms with Crippen LogP contribution in [-0.2, 0) is 17.7 Å². The van der Waals surface area contributed by atoms with Gasteiger partial charge in [-0.1, -0.05) is 144 Å². The summed E-state index contributed by atoms with van der Waals surface area (Å²) >= 11 is 0. The molecular weight excluding hydrogens is 502 g/mol. The van der Waals surface area contributed by atoms with Gasteiger partial charge in [0.1, 0.15) is 5.69 Å². The van der Waals surface area contributed by atoms with Crippen molar-refractivity contribution in [3.05, 3.63) is 95.7 Å². The van der Waals surface area contributed by atoms with Crippen LogP contribution in [0.1, 0.15) is 113 Å². The molecule has 0 aliphatic rings. The van der Waals surface area contributed by atoms with E-state index >= 15 is 0 Å². The standard InChI is InChI=1S/C38H49NO2/c1-3-5-6-7-8-9-10-11-12-13-14-17-22-31-27-28-35-34(29-31)36(33-25-20-16-21-26-33)37(38(40)41-4-2)39(35)30-32-23-18-15-19-24-32/h15-16,18-21,23-29H,3-14,17,22,30H2,1-2H3. The Bertz CT molecular complexity index is 1320. The van der Waals surface area contributed by atoms with Crippen molar-refractivity contribution in [3.8, 4) is 11.1 Å². The molecule has 3 aromatic carbocycles. The third-order valence-corrected chi connectivity index (χ3v) is 8.16. The fourth-order valence-electron chi connectivity index (χ4n) is 5.97. The van der Waals surface area contributed by atoms with E-state index < -0.39 is 0 Å². The van der Waals surface area contributed by atoms with Crippen molar-refractivity contribution in [1.29, 1.82) is 0 Å². The van der Waals surface area contributed by atoms with E-state index in [-0.39, 0.29) is 5.97 Å². The van der Waals surface area contributed by atoms with Crippen LogP contribution in [0.5, 0.6) is 0 Å². The highest BCUT2D eigenvalue weighted by atomic mass is 16.5. The number of aromatic nitrogens is 1. The SMILES string of the molecule is CCCCCCCCCCCCCCc1ccc2c(c1)c(-c1ccccc1)c(C(=O)OCC)n2Cc1ccccc1. The zero-order valence-corrected chi connectivity index (χ0v) is 25.4. The van der Waals surface area contributed by atoms with E-state index in [9.17, 15) is 4.79 Å². The molecule has 3 nitrogen and oxygen atoms in total. The van der Waals surface area contributed by atoms with Crippen molar-refractivity contribution in [3.63, 3.8) is 0 Å². The summed E-state index contributed by atoms with van der Waals surface area (Å²) < 4.78 is 7.77. The normalized spacial score (nSPS) is 11.3. The van der Waals surface area contributed by atoms with Crippen LogP contribution >= 0.6 is 0 Å². The number of rotatable bonds is 18. The van der Waals surface area contributed by atoms with E-state index in [1.807, 2.05) is 31.2 Å². The number of ether oxygens (including phenoxy) is 1. The van der Waals surface area contributed by atoms with E-state index in [4.69, 9.17) is 4.74 Å². The fourth-order valence-corrected chi connectivity index (χ4v) is 5.97. The lowest BCUT2D eigenvalue weighted by atomic mass is 9.98. The van der Waals surface area contributed by atoms with Gasteiger partial charge in [0.15, 0.2) is 0 Å². The van der Waals surface area contributed by atoms with Gasteiger partial charge in [-0.2, -0.15) is 0 Å². The number of esters is 1. The van der Waals surface area contributed by atoms with E-state index in [2.05, 4.69) is 66.1 Å². The van der Waals surface area contributed by atoms with E-state index in [0.717, 1.165) is 34.0 Å². The molecule has 41 heavy (non-hydrogen) atoms. The molecule has 3 heteroatoms. The Balaban J connectivity index is 1.47. The first kappa shape index (κ1) is 30.6. The number of hydrogen-bond donors (Lipinski definition) is 0. The molecule has 218 valence electrons. The van der Waals surface area contributed by atoms with Crippen molar-refractivity contribution in [2.24, 2.45) is 0 Å². The van der Waals surface area contributed by atoms with Gasteiger partial charge in [0.25, 0.3) is 0 Å². The molecule has 0 saturated carbocycles. The molecule has 0 unspecified atom stereocenters. The summed E-state index contributed by atoms with van der Waals surface area (Å²) in [6, 6.07) is 27.5. The maximum absolute atomic E-state index is 13.5. The largest absolute Gasteiger partial charge is 0.461 e. The average molecular weight is 552 g/mol. The highest BCUT2D eigenvalue weighted by Crippen LogP contribution is 2.37. The van der Waals surface area contributed by atoms with Crippen LogP contribution in [0.25, 0.3) is 22.0 Å². The summed E-state index contributed by atoms with van der Waals surface area (Å²) in [6.07, 6.45) is 17.4. The van der Waals surface area contributed by atoms with Crippen molar-refractivity contribution in [2.75, 3.05) is 6.61 Å². The first-order chi connectivity index (χ1) is 20.2. The summed E-state index contributed by atoms with van der Waals surface area (Å²) in [5.74, 6) is -0.263. The molecule has 0 atom stereocenters. The second kappa shape index (κ2) is 16.8. The van der Waals surface area contributed by atoms with Gasteiger partial charge >= 0.3 is 5.97 Å². The second-order valence-electron chi connectivity index (χ2n) is 11.4. The second-order valence-corrected chi connectivity index (χ2v) is 11.4. The molecule has 4 rings (SSSR count). The lowest BCUT2D eigenvalue weighted by molar-refractivity contribution is 0.0516. The summed E-state index contributed by atoms with van der Waals surface area (Å²) in [5, 5.41) is 1.13. The molecule has 4 aromatic rings. The highest BCUT2D eigenvalue weighted by Gasteiger charge is 2.25. The Morgan fingerprint density at radius 3 is 1.85 bits per heavy atom. The number of unbranched alkanes of at least 4 members (excludes halogenated alkanes) is 11. The summed E-state index contributed by atoms with van der Waals surface area (Å²) in [6.45, 7) is 5.13. The summed E-state index contributed by atoms with van der Waals surface area (Å²) in [4.78, 5) is 13.5. The minimum absolute atomic E-state index is 0.263. The Kier molecular flexibility index (Phi) is 12.6. The van der Waals surface area contributed by atoms with Crippen LogP contribution < -0.4 is 0 Å². The third kappa shape index (κ3) is 8.83. The van der Waals surface area contributed by atoms with Gasteiger partial charge in [-0.3, -0.25) is 0 Å². The molecule has 0 aliphatic heterocycles. The van der Waals surface area contributed by atoms with Crippen molar-refractivity contribution in [1.82, 2.24) is 4.57 Å². The summed E-state index contributed by atoms with van der Waals surface area (Å²) in [7, 11) is 0. The van der Waals surface area contributed by atoms with E-state index in [1.165, 1.54) is 82.6 Å². The molecule has 1 aromatic heterocycles. The maximum atomic E-state index is 13.5. The first-order valence-corrected chi connectivity index (χ1v) is 16.1. The number of fused-ring (bicyclic) bond motifs is 1. The summed E-state index contributed by atoms with van der Waals surface area (Å²) in [5.41, 5.74) is 6.25. The molecule has 1 heterocycles. The van der Waals surface area contributed by atoms with Crippen molar-refractivity contribution in [2.45, 2.75) is 104 Å². The Labute approximate surface area is 247 Å². The number of hydrogen-bond acceptors (Lipinski definition) is 2. The lowest BCUT2D eigenvalue weighted by Gasteiger charge is -2.12. The molecule has 0 fully saturated rings. The topological polar surface area (TPSA) is 31.2 Å². The number of carbonyl (C=O) groups is 1. The van der Waals surface area contributed by atoms with Gasteiger partial charge in [0.2, 0.25) is 0 Å². The van der Waals surface area contributed by atoms with Crippen LogP contribution in [0.4, 0.5) is 0 Å². The lowest BCUT2D eigenvalue weighted by Crippen LogP contribution is -2.14. The number of carbonyl (C=O) groups excluding carboxylic acids is 1. The molecular formula is C38H49NO2. The Hall–Kier alpha value is -3.33. The number of benzene rings is 3. The zero-order chi connectivity index (χ0) is 28.7. The molecule has 0 amide bonds. The minimum Gasteiger partial charge on any atom is -0.461 e. The van der Waals surface area contributed by atoms with Crippen molar-refractivity contribution < 1.29 is 9.53 Å². The van der Waals surface area contributed by atoms with Crippen LogP contribution in [-0.4, -0.2) is 17.1 Å². The predicted molar refractivity (Wildman–Crippen MR) is 174 cm³/mol. The molecule has 0 radical (unpaired) electrons. The van der Waals surface area contributed by atoms with Crippen molar-refractivity contribution >= 4 is 16.9 Å². The average Bonchev–Trinajstić information content (AvgIpc) is 3.32. The van der Waals surface area contributed by atoms with Gasteiger partial charge in [0, 0.05) is 23.0 Å². The van der Waals surface area contributed by atoms with Crippen LogP contribution in [0, 0.1) is 0 Å². The van der Waals surface area contributed by atoms with Crippen LogP contribution in [0.15, 0.2) is 78.9 Å². The maximum Gasteiger partial charge on any atom is 0.355 e. The van der Waals surface area contributed by atoms with Gasteiger partial charge in [0.05, 0.1) is 6.61 Å². The predicted octanol–water partition coefficient (Wildman–Crippen LogP) is 10.8. The highest BCUT2D eigenvalue weighted by molar-refractivity contribution is 6.09. The van der Waals surface area contributed by atoms with Crippen LogP contribution in [0.3, 0.4) is 0 Å². The van der Waals surface area contributed by atoms with Gasteiger partial charge < -0.3 is 9.30 Å².